The zero-order valence-electron chi connectivity index (χ0n) is 19.4. The number of pyridine rings is 1. The number of rotatable bonds is 5. The number of carbonyl (C=O) groups is 1. The van der Waals surface area contributed by atoms with Crippen molar-refractivity contribution in [3.63, 3.8) is 0 Å². The number of amides is 1. The second kappa shape index (κ2) is 8.72. The van der Waals surface area contributed by atoms with Gasteiger partial charge in [0.25, 0.3) is 5.56 Å². The van der Waals surface area contributed by atoms with E-state index in [4.69, 9.17) is 5.73 Å². The van der Waals surface area contributed by atoms with Crippen LogP contribution in [-0.2, 0) is 11.3 Å². The quantitative estimate of drug-likeness (QED) is 0.338. The summed E-state index contributed by atoms with van der Waals surface area (Å²) in [4.78, 5) is 44.1. The van der Waals surface area contributed by atoms with Crippen molar-refractivity contribution in [2.45, 2.75) is 31.8 Å². The highest BCUT2D eigenvalue weighted by Crippen LogP contribution is 2.34. The number of fused-ring (bicyclic) bond motifs is 2. The first-order valence-electron chi connectivity index (χ1n) is 11.6. The minimum absolute atomic E-state index is 0.0163. The topological polar surface area (TPSA) is 132 Å². The normalized spacial score (nSPS) is 16.8. The molecule has 5 aromatic rings. The number of anilines is 1. The third-order valence-electron chi connectivity index (χ3n) is 6.48. The molecule has 36 heavy (non-hydrogen) atoms. The molecule has 4 N–H and O–H groups in total. The van der Waals surface area contributed by atoms with Crippen LogP contribution >= 0.6 is 11.3 Å². The molecule has 9 nitrogen and oxygen atoms in total. The number of aromatic nitrogens is 5. The molecule has 180 valence electrons. The monoisotopic (exact) mass is 497 g/mol. The van der Waals surface area contributed by atoms with Crippen LogP contribution in [0.5, 0.6) is 0 Å². The van der Waals surface area contributed by atoms with Gasteiger partial charge in [0.2, 0.25) is 5.91 Å². The van der Waals surface area contributed by atoms with E-state index >= 15 is 0 Å². The van der Waals surface area contributed by atoms with Crippen LogP contribution in [0.2, 0.25) is 0 Å². The van der Waals surface area contributed by atoms with Gasteiger partial charge in [0, 0.05) is 33.3 Å². The minimum Gasteiger partial charge on any atom is -0.384 e. The summed E-state index contributed by atoms with van der Waals surface area (Å²) in [7, 11) is 0. The Kier molecular flexibility index (Phi) is 5.37. The molecular weight excluding hydrogens is 474 g/mol. The molecular formula is C26H23N7O2S. The number of hydrogen-bond donors (Lipinski definition) is 3. The SMILES string of the molecule is C[C@@H]1C[C@@H](C(=O)NCc2cc3cnc(N)cc3s2)n2c1ncc(-c1ncc(-c3ccccc3)[nH]1)c2=O. The minimum atomic E-state index is -0.634. The van der Waals surface area contributed by atoms with E-state index in [-0.39, 0.29) is 17.4 Å². The van der Waals surface area contributed by atoms with Crippen molar-refractivity contribution in [2.24, 2.45) is 0 Å². The maximum Gasteiger partial charge on any atom is 0.265 e. The smallest absolute Gasteiger partial charge is 0.265 e. The van der Waals surface area contributed by atoms with Crippen LogP contribution in [0, 0.1) is 0 Å². The fraction of sp³-hybridized carbons (Fsp3) is 0.192. The van der Waals surface area contributed by atoms with Gasteiger partial charge in [0.05, 0.1) is 18.4 Å². The third-order valence-corrected chi connectivity index (χ3v) is 7.58. The lowest BCUT2D eigenvalue weighted by Crippen LogP contribution is -2.36. The molecule has 1 aliphatic heterocycles. The van der Waals surface area contributed by atoms with Gasteiger partial charge < -0.3 is 16.0 Å². The predicted octanol–water partition coefficient (Wildman–Crippen LogP) is 3.86. The van der Waals surface area contributed by atoms with Gasteiger partial charge in [-0.05, 0) is 24.1 Å². The van der Waals surface area contributed by atoms with E-state index < -0.39 is 6.04 Å². The molecule has 1 amide bonds. The average molecular weight is 498 g/mol. The third kappa shape index (κ3) is 3.85. The number of hydrogen-bond acceptors (Lipinski definition) is 7. The van der Waals surface area contributed by atoms with Crippen LogP contribution in [-0.4, -0.2) is 30.4 Å². The Hall–Kier alpha value is -4.31. The van der Waals surface area contributed by atoms with E-state index in [9.17, 15) is 9.59 Å². The van der Waals surface area contributed by atoms with Gasteiger partial charge in [-0.25, -0.2) is 15.0 Å². The molecule has 1 aliphatic rings. The van der Waals surface area contributed by atoms with Crippen molar-refractivity contribution < 1.29 is 4.79 Å². The molecule has 0 saturated heterocycles. The molecule has 0 aliphatic carbocycles. The van der Waals surface area contributed by atoms with Crippen molar-refractivity contribution >= 4 is 33.1 Å². The number of nitrogens with two attached hydrogens (primary N) is 1. The summed E-state index contributed by atoms with van der Waals surface area (Å²) in [6, 6.07) is 12.9. The molecule has 0 bridgehead atoms. The average Bonchev–Trinajstić information content (AvgIpc) is 3.61. The Morgan fingerprint density at radius 3 is 2.83 bits per heavy atom. The Bertz CT molecular complexity index is 1650. The van der Waals surface area contributed by atoms with Crippen molar-refractivity contribution in [3.8, 4) is 22.6 Å². The number of imidazole rings is 1. The lowest BCUT2D eigenvalue weighted by atomic mass is 10.1. The van der Waals surface area contributed by atoms with Crippen molar-refractivity contribution in [1.29, 1.82) is 0 Å². The number of nitrogens with one attached hydrogen (secondary N) is 2. The highest BCUT2D eigenvalue weighted by molar-refractivity contribution is 7.19. The molecule has 0 unspecified atom stereocenters. The lowest BCUT2D eigenvalue weighted by Gasteiger charge is -2.14. The van der Waals surface area contributed by atoms with E-state index in [0.29, 0.717) is 36.0 Å². The molecule has 0 radical (unpaired) electrons. The standard InChI is InChI=1S/C26H23N7O2S/c1-14-7-20(25(34)31-11-17-8-16-10-28-22(27)9-21(16)36-17)33-24(14)30-12-18(26(33)35)23-29-13-19(32-23)15-5-3-2-4-6-15/h2-6,8-10,12-14,20H,7,11H2,1H3,(H2,27,28)(H,29,32)(H,31,34)/t14-,20+/m1/s1. The summed E-state index contributed by atoms with van der Waals surface area (Å²) in [5.41, 5.74) is 7.61. The van der Waals surface area contributed by atoms with Crippen LogP contribution in [0.1, 0.15) is 36.0 Å². The molecule has 10 heteroatoms. The second-order valence-corrected chi connectivity index (χ2v) is 10.1. The summed E-state index contributed by atoms with van der Waals surface area (Å²) in [6.45, 7) is 2.34. The van der Waals surface area contributed by atoms with Gasteiger partial charge in [0.15, 0.2) is 0 Å². The Morgan fingerprint density at radius 2 is 2.00 bits per heavy atom. The van der Waals surface area contributed by atoms with E-state index in [1.165, 1.54) is 4.57 Å². The fourth-order valence-electron chi connectivity index (χ4n) is 4.69. The summed E-state index contributed by atoms with van der Waals surface area (Å²) >= 11 is 1.56. The van der Waals surface area contributed by atoms with Crippen LogP contribution in [0.15, 0.2) is 65.8 Å². The summed E-state index contributed by atoms with van der Waals surface area (Å²) in [5.74, 6) is 1.28. The Morgan fingerprint density at radius 1 is 1.17 bits per heavy atom. The van der Waals surface area contributed by atoms with Gasteiger partial charge in [0.1, 0.15) is 29.1 Å². The van der Waals surface area contributed by atoms with Crippen LogP contribution < -0.4 is 16.6 Å². The second-order valence-electron chi connectivity index (χ2n) is 8.95. The van der Waals surface area contributed by atoms with E-state index in [0.717, 1.165) is 26.2 Å². The van der Waals surface area contributed by atoms with E-state index in [1.807, 2.05) is 49.4 Å². The van der Waals surface area contributed by atoms with Gasteiger partial charge in [-0.15, -0.1) is 11.3 Å². The van der Waals surface area contributed by atoms with Crippen molar-refractivity contribution in [3.05, 3.63) is 82.1 Å². The largest absolute Gasteiger partial charge is 0.384 e. The Labute approximate surface area is 210 Å². The molecule has 6 rings (SSSR count). The van der Waals surface area contributed by atoms with Gasteiger partial charge >= 0.3 is 0 Å². The fourth-order valence-corrected chi connectivity index (χ4v) is 5.71. The maximum absolute atomic E-state index is 13.6. The summed E-state index contributed by atoms with van der Waals surface area (Å²) in [5, 5.41) is 3.98. The van der Waals surface area contributed by atoms with Gasteiger partial charge in [-0.3, -0.25) is 14.2 Å². The zero-order chi connectivity index (χ0) is 24.8. The number of nitrogens with zero attached hydrogens (tertiary/aromatic N) is 4. The molecule has 1 aromatic carbocycles. The highest BCUT2D eigenvalue weighted by atomic mass is 32.1. The van der Waals surface area contributed by atoms with Crippen molar-refractivity contribution in [1.82, 2.24) is 29.8 Å². The van der Waals surface area contributed by atoms with E-state index in [1.54, 1.807) is 29.9 Å². The predicted molar refractivity (Wildman–Crippen MR) is 139 cm³/mol. The zero-order valence-corrected chi connectivity index (χ0v) is 20.2. The number of benzene rings is 1. The molecule has 0 fully saturated rings. The first kappa shape index (κ1) is 22.2. The first-order valence-corrected chi connectivity index (χ1v) is 12.4. The van der Waals surface area contributed by atoms with Gasteiger partial charge in [-0.2, -0.15) is 0 Å². The molecule has 0 saturated carbocycles. The summed E-state index contributed by atoms with van der Waals surface area (Å²) < 4.78 is 2.54. The van der Waals surface area contributed by atoms with Crippen LogP contribution in [0.4, 0.5) is 5.82 Å². The molecule has 5 heterocycles. The highest BCUT2D eigenvalue weighted by Gasteiger charge is 2.36. The molecule has 4 aromatic heterocycles. The number of carbonyl (C=O) groups excluding carboxylic acids is 1. The van der Waals surface area contributed by atoms with Crippen LogP contribution in [0.25, 0.3) is 32.7 Å². The van der Waals surface area contributed by atoms with E-state index in [2.05, 4.69) is 25.3 Å². The number of thiophene rings is 1. The first-order chi connectivity index (χ1) is 17.5. The summed E-state index contributed by atoms with van der Waals surface area (Å²) in [6.07, 6.45) is 5.49. The molecule has 0 spiro atoms. The number of H-pyrrole nitrogens is 1. The number of aromatic amines is 1. The Balaban J connectivity index is 1.26. The number of nitrogen functional groups attached to an aromatic ring is 1. The molecule has 2 atom stereocenters. The van der Waals surface area contributed by atoms with Crippen molar-refractivity contribution in [2.75, 3.05) is 5.73 Å². The van der Waals surface area contributed by atoms with Gasteiger partial charge in [-0.1, -0.05) is 37.3 Å². The maximum atomic E-state index is 13.6. The van der Waals surface area contributed by atoms with Crippen LogP contribution in [0.3, 0.4) is 0 Å². The lowest BCUT2D eigenvalue weighted by molar-refractivity contribution is -0.124.